The molecule has 1 radical (unpaired) electrons. The number of nitrogens with zero attached hydrogens (tertiary/aromatic N) is 3. The van der Waals surface area contributed by atoms with Crippen molar-refractivity contribution < 1.29 is 22.4 Å². The van der Waals surface area contributed by atoms with Crippen molar-refractivity contribution in [1.29, 1.82) is 0 Å². The van der Waals surface area contributed by atoms with Gasteiger partial charge in [0.15, 0.2) is 0 Å². The quantitative estimate of drug-likeness (QED) is 0.587. The first-order valence-electron chi connectivity index (χ1n) is 7.93. The van der Waals surface area contributed by atoms with E-state index in [0.717, 1.165) is 39.3 Å². The fourth-order valence-corrected chi connectivity index (χ4v) is 0.671. The normalized spacial score (nSPS) is 8.86. The van der Waals surface area contributed by atoms with Crippen molar-refractivity contribution in [2.75, 3.05) is 39.3 Å². The monoisotopic (exact) mass is 470 g/mol. The molecule has 0 heterocycles. The molecule has 0 aliphatic heterocycles. The Balaban J connectivity index is -0.0000000533. The zero-order valence-electron chi connectivity index (χ0n) is 16.1. The minimum atomic E-state index is 0. The summed E-state index contributed by atoms with van der Waals surface area (Å²) in [5, 5.41) is 11.9. The van der Waals surface area contributed by atoms with Gasteiger partial charge in [-0.3, -0.25) is 0 Å². The predicted octanol–water partition coefficient (Wildman–Crippen LogP) is 4.94. The van der Waals surface area contributed by atoms with Crippen LogP contribution in [0.2, 0.25) is 0 Å². The van der Waals surface area contributed by atoms with Crippen molar-refractivity contribution in [3.05, 3.63) is 16.0 Å². The van der Waals surface area contributed by atoms with Crippen LogP contribution in [-0.2, 0) is 22.4 Å². The van der Waals surface area contributed by atoms with Crippen molar-refractivity contribution in [2.45, 2.75) is 67.9 Å². The Kier molecular flexibility index (Phi) is 51.5. The summed E-state index contributed by atoms with van der Waals surface area (Å²) in [7, 11) is 0. The van der Waals surface area contributed by atoms with E-state index in [0.29, 0.717) is 0 Å². The Morgan fingerprint density at radius 1 is 0.571 bits per heavy atom. The molecular formula is C16H41N4Ta-3. The van der Waals surface area contributed by atoms with E-state index in [1.807, 2.05) is 62.3 Å². The summed E-state index contributed by atoms with van der Waals surface area (Å²) in [6, 6.07) is 0. The Morgan fingerprint density at radius 3 is 0.667 bits per heavy atom. The molecule has 0 unspecified atom stereocenters. The van der Waals surface area contributed by atoms with E-state index in [4.69, 9.17) is 5.73 Å². The predicted molar refractivity (Wildman–Crippen MR) is 97.3 cm³/mol. The molecule has 0 aromatic carbocycles. The van der Waals surface area contributed by atoms with Crippen molar-refractivity contribution in [1.82, 2.24) is 0 Å². The van der Waals surface area contributed by atoms with Crippen LogP contribution in [0.25, 0.3) is 16.0 Å². The van der Waals surface area contributed by atoms with Gasteiger partial charge in [0, 0.05) is 27.9 Å². The molecule has 0 bridgehead atoms. The van der Waals surface area contributed by atoms with Gasteiger partial charge in [-0.1, -0.05) is 41.5 Å². The van der Waals surface area contributed by atoms with Crippen LogP contribution in [0.3, 0.4) is 0 Å². The number of nitrogens with two attached hydrogens (primary N) is 1. The second kappa shape index (κ2) is 32.5. The summed E-state index contributed by atoms with van der Waals surface area (Å²) < 4.78 is 0. The van der Waals surface area contributed by atoms with E-state index >= 15 is 0 Å². The molecule has 2 N–H and O–H groups in total. The van der Waals surface area contributed by atoms with Crippen LogP contribution in [0, 0.1) is 0 Å². The maximum atomic E-state index is 5.35. The molecule has 0 rings (SSSR count). The fourth-order valence-electron chi connectivity index (χ4n) is 0.671. The van der Waals surface area contributed by atoms with Crippen molar-refractivity contribution in [3.63, 3.8) is 0 Å². The van der Waals surface area contributed by atoms with E-state index in [2.05, 4.69) is 16.0 Å². The summed E-state index contributed by atoms with van der Waals surface area (Å²) in [4.78, 5) is 0. The van der Waals surface area contributed by atoms with E-state index in [1.54, 1.807) is 0 Å². The van der Waals surface area contributed by atoms with E-state index in [1.165, 1.54) is 0 Å². The topological polar surface area (TPSA) is 68.3 Å². The average Bonchev–Trinajstić information content (AvgIpc) is 2.31. The maximum absolute atomic E-state index is 5.35. The average molecular weight is 470 g/mol. The van der Waals surface area contributed by atoms with Gasteiger partial charge in [-0.15, -0.1) is 0 Å². The standard InChI is InChI=1S/C4H11N.3C4H10N.Ta/c1-4(2,3)5;3*1-3-5-4-2;/h5H2,1-3H3;3*3-4H2,1-2H3;/q;3*-1;. The zero-order valence-corrected chi connectivity index (χ0v) is 19.3. The third-order valence-electron chi connectivity index (χ3n) is 1.34. The van der Waals surface area contributed by atoms with Gasteiger partial charge in [-0.05, 0) is 20.8 Å². The second-order valence-corrected chi connectivity index (χ2v) is 4.93. The van der Waals surface area contributed by atoms with Crippen LogP contribution in [0.4, 0.5) is 0 Å². The van der Waals surface area contributed by atoms with Crippen LogP contribution in [-0.4, -0.2) is 44.8 Å². The Bertz CT molecular complexity index is 102. The van der Waals surface area contributed by atoms with E-state index in [9.17, 15) is 0 Å². The molecule has 133 valence electrons. The van der Waals surface area contributed by atoms with E-state index < -0.39 is 0 Å². The second-order valence-electron chi connectivity index (χ2n) is 4.93. The summed E-state index contributed by atoms with van der Waals surface area (Å²) in [6.45, 7) is 24.0. The van der Waals surface area contributed by atoms with Crippen LogP contribution in [0.15, 0.2) is 0 Å². The van der Waals surface area contributed by atoms with Gasteiger partial charge in [0.05, 0.1) is 0 Å². The minimum absolute atomic E-state index is 0. The first-order chi connectivity index (χ1) is 9.24. The van der Waals surface area contributed by atoms with Crippen LogP contribution < -0.4 is 5.73 Å². The number of rotatable bonds is 6. The number of hydrogen-bond donors (Lipinski definition) is 1. The third-order valence-corrected chi connectivity index (χ3v) is 1.34. The fraction of sp³-hybridized carbons (Fsp3) is 1.00. The molecule has 0 spiro atoms. The van der Waals surface area contributed by atoms with Crippen LogP contribution in [0.5, 0.6) is 0 Å². The van der Waals surface area contributed by atoms with Gasteiger partial charge in [0.25, 0.3) is 0 Å². The molecule has 0 saturated heterocycles. The summed E-state index contributed by atoms with van der Waals surface area (Å²) in [5.41, 5.74) is 5.35. The Hall–Kier alpha value is 0.580. The van der Waals surface area contributed by atoms with Crippen LogP contribution >= 0.6 is 0 Å². The minimum Gasteiger partial charge on any atom is -0.663 e. The summed E-state index contributed by atoms with van der Waals surface area (Å²) in [5.74, 6) is 0. The zero-order chi connectivity index (χ0) is 16.9. The smallest absolute Gasteiger partial charge is 0.00686 e. The van der Waals surface area contributed by atoms with Gasteiger partial charge in [0.2, 0.25) is 0 Å². The Labute approximate surface area is 151 Å². The molecule has 21 heavy (non-hydrogen) atoms. The molecule has 0 aliphatic rings. The Morgan fingerprint density at radius 2 is 0.667 bits per heavy atom. The first kappa shape index (κ1) is 33.2. The molecule has 0 aromatic rings. The first-order valence-corrected chi connectivity index (χ1v) is 7.93. The molecular weight excluding hydrogens is 429 g/mol. The molecule has 0 saturated carbocycles. The van der Waals surface area contributed by atoms with Gasteiger partial charge in [-0.2, -0.15) is 39.3 Å². The molecule has 0 aromatic heterocycles. The SMILES string of the molecule is CC(C)(C)N.CC[N-]CC.CC[N-]CC.CC[N-]CC.[Ta]. The van der Waals surface area contributed by atoms with Gasteiger partial charge < -0.3 is 21.7 Å². The van der Waals surface area contributed by atoms with E-state index in [-0.39, 0.29) is 27.9 Å². The molecule has 4 nitrogen and oxygen atoms in total. The summed E-state index contributed by atoms with van der Waals surface area (Å²) >= 11 is 0. The largest absolute Gasteiger partial charge is 0.663 e. The summed E-state index contributed by atoms with van der Waals surface area (Å²) in [6.07, 6.45) is 0. The van der Waals surface area contributed by atoms with Gasteiger partial charge >= 0.3 is 0 Å². The van der Waals surface area contributed by atoms with Crippen molar-refractivity contribution >= 4 is 0 Å². The van der Waals surface area contributed by atoms with Crippen molar-refractivity contribution in [2.24, 2.45) is 5.73 Å². The maximum Gasteiger partial charge on any atom is 0.00686 e. The van der Waals surface area contributed by atoms with Gasteiger partial charge in [-0.25, -0.2) is 0 Å². The molecule has 0 fully saturated rings. The number of hydrogen-bond acceptors (Lipinski definition) is 1. The molecule has 5 heteroatoms. The van der Waals surface area contributed by atoms with Gasteiger partial charge in [0.1, 0.15) is 0 Å². The molecule has 0 atom stereocenters. The molecule has 0 amide bonds. The third kappa shape index (κ3) is 164. The molecule has 0 aliphatic carbocycles. The van der Waals surface area contributed by atoms with Crippen molar-refractivity contribution in [3.8, 4) is 0 Å². The van der Waals surface area contributed by atoms with Crippen LogP contribution in [0.1, 0.15) is 62.3 Å².